The summed E-state index contributed by atoms with van der Waals surface area (Å²) < 4.78 is 5.13. The van der Waals surface area contributed by atoms with Gasteiger partial charge >= 0.3 is 6.09 Å². The van der Waals surface area contributed by atoms with Crippen LogP contribution in [0.1, 0.15) is 31.4 Å². The van der Waals surface area contributed by atoms with Crippen LogP contribution in [-0.2, 0) is 4.74 Å². The van der Waals surface area contributed by atoms with Gasteiger partial charge in [-0.3, -0.25) is 4.79 Å². The maximum absolute atomic E-state index is 11.8. The number of Topliss-reactive ketones (excluding diaryl/α,β-unsaturated/α-hetero) is 1. The molecule has 1 amide bonds. The number of nitrogens with zero attached hydrogens (tertiary/aromatic N) is 3. The third-order valence-corrected chi connectivity index (χ3v) is 1.90. The molecular formula is C12H17N3O3. The van der Waals surface area contributed by atoms with E-state index in [2.05, 4.69) is 9.97 Å². The van der Waals surface area contributed by atoms with Gasteiger partial charge in [0.1, 0.15) is 5.60 Å². The predicted molar refractivity (Wildman–Crippen MR) is 65.2 cm³/mol. The molecule has 6 heteroatoms. The molecule has 0 aliphatic carbocycles. The van der Waals surface area contributed by atoms with Crippen molar-refractivity contribution in [1.29, 1.82) is 0 Å². The van der Waals surface area contributed by atoms with Gasteiger partial charge in [-0.05, 0) is 26.8 Å². The van der Waals surface area contributed by atoms with Gasteiger partial charge in [0.15, 0.2) is 5.82 Å². The Kier molecular flexibility index (Phi) is 4.36. The molecule has 98 valence electrons. The Balaban J connectivity index is 2.58. The molecular weight excluding hydrogens is 234 g/mol. The first-order valence-corrected chi connectivity index (χ1v) is 5.54. The molecule has 1 heterocycles. The Labute approximate surface area is 106 Å². The smallest absolute Gasteiger partial charge is 0.410 e. The largest absolute Gasteiger partial charge is 0.444 e. The van der Waals surface area contributed by atoms with Crippen LogP contribution in [-0.4, -0.2) is 45.9 Å². The third kappa shape index (κ3) is 4.48. The summed E-state index contributed by atoms with van der Waals surface area (Å²) in [6.07, 6.45) is 2.41. The zero-order chi connectivity index (χ0) is 13.8. The molecule has 0 fully saturated rings. The molecule has 0 saturated heterocycles. The number of carbonyl (C=O) groups excluding carboxylic acids is 2. The summed E-state index contributed by atoms with van der Waals surface area (Å²) in [7, 11) is 1.49. The second-order valence-corrected chi connectivity index (χ2v) is 4.83. The van der Waals surface area contributed by atoms with Gasteiger partial charge in [-0.2, -0.15) is 0 Å². The third-order valence-electron chi connectivity index (χ3n) is 1.90. The molecule has 0 N–H and O–H groups in total. The van der Waals surface area contributed by atoms with E-state index in [0.717, 1.165) is 0 Å². The Morgan fingerprint density at radius 1 is 1.28 bits per heavy atom. The van der Waals surface area contributed by atoms with Crippen molar-refractivity contribution in [1.82, 2.24) is 14.9 Å². The number of rotatable bonds is 3. The molecule has 1 aromatic heterocycles. The van der Waals surface area contributed by atoms with Crippen LogP contribution in [0.3, 0.4) is 0 Å². The minimum Gasteiger partial charge on any atom is -0.444 e. The number of hydrogen-bond acceptors (Lipinski definition) is 5. The van der Waals surface area contributed by atoms with Crippen LogP contribution in [0.25, 0.3) is 0 Å². The molecule has 0 saturated carbocycles. The van der Waals surface area contributed by atoms with E-state index in [4.69, 9.17) is 4.74 Å². The number of ether oxygens (including phenoxy) is 1. The molecule has 18 heavy (non-hydrogen) atoms. The van der Waals surface area contributed by atoms with Gasteiger partial charge in [0.2, 0.25) is 5.78 Å². The van der Waals surface area contributed by atoms with Crippen molar-refractivity contribution >= 4 is 11.9 Å². The van der Waals surface area contributed by atoms with E-state index >= 15 is 0 Å². The van der Waals surface area contributed by atoms with Crippen molar-refractivity contribution < 1.29 is 14.3 Å². The lowest BCUT2D eigenvalue weighted by molar-refractivity contribution is 0.0294. The van der Waals surface area contributed by atoms with Crippen LogP contribution < -0.4 is 0 Å². The van der Waals surface area contributed by atoms with Crippen molar-refractivity contribution in [3.63, 3.8) is 0 Å². The molecule has 0 unspecified atom stereocenters. The first-order valence-electron chi connectivity index (χ1n) is 5.54. The van der Waals surface area contributed by atoms with Gasteiger partial charge in [-0.15, -0.1) is 0 Å². The zero-order valence-electron chi connectivity index (χ0n) is 11.0. The average molecular weight is 251 g/mol. The highest BCUT2D eigenvalue weighted by Crippen LogP contribution is 2.09. The normalized spacial score (nSPS) is 10.9. The van der Waals surface area contributed by atoms with Crippen LogP contribution in [0.15, 0.2) is 18.5 Å². The van der Waals surface area contributed by atoms with Crippen LogP contribution in [0.2, 0.25) is 0 Å². The monoisotopic (exact) mass is 251 g/mol. The van der Waals surface area contributed by atoms with Gasteiger partial charge in [-0.25, -0.2) is 14.8 Å². The minimum absolute atomic E-state index is 0.0907. The van der Waals surface area contributed by atoms with Crippen molar-refractivity contribution in [2.75, 3.05) is 13.6 Å². The summed E-state index contributed by atoms with van der Waals surface area (Å²) in [6, 6.07) is 1.62. The quantitative estimate of drug-likeness (QED) is 0.762. The van der Waals surface area contributed by atoms with Crippen LogP contribution >= 0.6 is 0 Å². The van der Waals surface area contributed by atoms with E-state index in [0.29, 0.717) is 0 Å². The zero-order valence-corrected chi connectivity index (χ0v) is 11.0. The second-order valence-electron chi connectivity index (χ2n) is 4.83. The van der Waals surface area contributed by atoms with E-state index in [1.165, 1.54) is 24.3 Å². The number of likely N-dealkylation sites (N-methyl/N-ethyl adjacent to an activating group) is 1. The summed E-state index contributed by atoms with van der Waals surface area (Å²) in [5.41, 5.74) is -0.586. The van der Waals surface area contributed by atoms with Gasteiger partial charge in [0, 0.05) is 19.4 Å². The molecule has 1 rings (SSSR count). The molecule has 1 aromatic rings. The molecule has 0 atom stereocenters. The Morgan fingerprint density at radius 3 is 2.33 bits per heavy atom. The maximum Gasteiger partial charge on any atom is 0.410 e. The highest BCUT2D eigenvalue weighted by Gasteiger charge is 2.22. The van der Waals surface area contributed by atoms with Gasteiger partial charge in [0.05, 0.1) is 6.54 Å². The molecule has 0 bridgehead atoms. The number of hydrogen-bond donors (Lipinski definition) is 0. The SMILES string of the molecule is CN(CC(=O)c1ncccn1)C(=O)OC(C)(C)C. The Hall–Kier alpha value is -1.98. The lowest BCUT2D eigenvalue weighted by Crippen LogP contribution is -2.37. The number of amides is 1. The van der Waals surface area contributed by atoms with E-state index in [1.807, 2.05) is 0 Å². The van der Waals surface area contributed by atoms with E-state index in [1.54, 1.807) is 26.8 Å². The predicted octanol–water partition coefficient (Wildman–Crippen LogP) is 1.53. The standard InChI is InChI=1S/C12H17N3O3/c1-12(2,3)18-11(17)15(4)8-9(16)10-13-6-5-7-14-10/h5-7H,8H2,1-4H3. The lowest BCUT2D eigenvalue weighted by atomic mass is 10.2. The van der Waals surface area contributed by atoms with E-state index in [-0.39, 0.29) is 18.2 Å². The highest BCUT2D eigenvalue weighted by molar-refractivity contribution is 5.95. The van der Waals surface area contributed by atoms with Crippen molar-refractivity contribution in [3.8, 4) is 0 Å². The average Bonchev–Trinajstić information content (AvgIpc) is 2.27. The molecule has 0 aliphatic heterocycles. The number of ketones is 1. The summed E-state index contributed by atoms with van der Waals surface area (Å²) in [6.45, 7) is 5.18. The summed E-state index contributed by atoms with van der Waals surface area (Å²) in [4.78, 5) is 32.2. The number of aromatic nitrogens is 2. The van der Waals surface area contributed by atoms with Crippen molar-refractivity contribution in [2.24, 2.45) is 0 Å². The molecule has 0 radical (unpaired) electrons. The van der Waals surface area contributed by atoms with Crippen LogP contribution in [0, 0.1) is 0 Å². The molecule has 0 spiro atoms. The van der Waals surface area contributed by atoms with Gasteiger partial charge in [-0.1, -0.05) is 0 Å². The highest BCUT2D eigenvalue weighted by atomic mass is 16.6. The molecule has 0 aromatic carbocycles. The summed E-state index contributed by atoms with van der Waals surface area (Å²) in [5, 5.41) is 0. The van der Waals surface area contributed by atoms with Gasteiger partial charge < -0.3 is 9.64 Å². The number of carbonyl (C=O) groups is 2. The first kappa shape index (κ1) is 14.1. The summed E-state index contributed by atoms with van der Waals surface area (Å²) in [5.74, 6) is -0.239. The van der Waals surface area contributed by atoms with E-state index in [9.17, 15) is 9.59 Å². The fraction of sp³-hybridized carbons (Fsp3) is 0.500. The minimum atomic E-state index is -0.586. The van der Waals surface area contributed by atoms with E-state index < -0.39 is 11.7 Å². The Morgan fingerprint density at radius 2 is 1.83 bits per heavy atom. The summed E-state index contributed by atoms with van der Waals surface area (Å²) >= 11 is 0. The fourth-order valence-corrected chi connectivity index (χ4v) is 1.13. The van der Waals surface area contributed by atoms with Gasteiger partial charge in [0.25, 0.3) is 0 Å². The molecule has 0 aliphatic rings. The Bertz CT molecular complexity index is 426. The molecule has 6 nitrogen and oxygen atoms in total. The van der Waals surface area contributed by atoms with Crippen molar-refractivity contribution in [2.45, 2.75) is 26.4 Å². The van der Waals surface area contributed by atoms with Crippen LogP contribution in [0.5, 0.6) is 0 Å². The van der Waals surface area contributed by atoms with Crippen LogP contribution in [0.4, 0.5) is 4.79 Å². The fourth-order valence-electron chi connectivity index (χ4n) is 1.13. The lowest BCUT2D eigenvalue weighted by Gasteiger charge is -2.24. The second kappa shape index (κ2) is 5.57. The maximum atomic E-state index is 11.8. The first-order chi connectivity index (χ1) is 8.29. The topological polar surface area (TPSA) is 72.4 Å². The van der Waals surface area contributed by atoms with Crippen molar-refractivity contribution in [3.05, 3.63) is 24.3 Å².